The molecular formula is C24H29NO. The SMILES string of the molecule is CC1(C)CC2CC(C)(CN2C(=O)C(c2ccccc2)c2ccccc2)C1. The van der Waals surface area contributed by atoms with Gasteiger partial charge in [0.1, 0.15) is 0 Å². The third kappa shape index (κ3) is 3.18. The van der Waals surface area contributed by atoms with E-state index >= 15 is 0 Å². The second kappa shape index (κ2) is 6.26. The van der Waals surface area contributed by atoms with E-state index in [1.165, 1.54) is 6.42 Å². The Hall–Kier alpha value is -2.09. The molecule has 2 unspecified atom stereocenters. The van der Waals surface area contributed by atoms with Crippen molar-refractivity contribution in [2.45, 2.75) is 52.0 Å². The molecule has 2 aromatic rings. The summed E-state index contributed by atoms with van der Waals surface area (Å²) < 4.78 is 0. The van der Waals surface area contributed by atoms with E-state index in [0.29, 0.717) is 11.5 Å². The topological polar surface area (TPSA) is 20.3 Å². The van der Waals surface area contributed by atoms with Crippen molar-refractivity contribution in [1.29, 1.82) is 0 Å². The molecule has 1 heterocycles. The third-order valence-electron chi connectivity index (χ3n) is 6.21. The molecule has 0 spiro atoms. The molecule has 2 heteroatoms. The Bertz CT molecular complexity index is 743. The van der Waals surface area contributed by atoms with Gasteiger partial charge in [0.25, 0.3) is 0 Å². The van der Waals surface area contributed by atoms with Crippen LogP contribution in [0.3, 0.4) is 0 Å². The van der Waals surface area contributed by atoms with Gasteiger partial charge in [-0.1, -0.05) is 81.4 Å². The van der Waals surface area contributed by atoms with Crippen LogP contribution in [-0.2, 0) is 4.79 Å². The summed E-state index contributed by atoms with van der Waals surface area (Å²) in [6, 6.07) is 20.9. The lowest BCUT2D eigenvalue weighted by Crippen LogP contribution is -2.40. The molecule has 2 aromatic carbocycles. The molecule has 2 aliphatic rings. The van der Waals surface area contributed by atoms with Gasteiger partial charge in [-0.05, 0) is 41.2 Å². The second-order valence-corrected chi connectivity index (χ2v) is 9.43. The maximum absolute atomic E-state index is 13.8. The minimum absolute atomic E-state index is 0.205. The molecule has 26 heavy (non-hydrogen) atoms. The third-order valence-corrected chi connectivity index (χ3v) is 6.21. The lowest BCUT2D eigenvalue weighted by atomic mass is 9.65. The summed E-state index contributed by atoms with van der Waals surface area (Å²) in [6.45, 7) is 7.98. The van der Waals surface area contributed by atoms with Gasteiger partial charge in [-0.2, -0.15) is 0 Å². The van der Waals surface area contributed by atoms with Gasteiger partial charge in [0.05, 0.1) is 5.92 Å². The van der Waals surface area contributed by atoms with Gasteiger partial charge in [-0.25, -0.2) is 0 Å². The fraction of sp³-hybridized carbons (Fsp3) is 0.458. The van der Waals surface area contributed by atoms with E-state index in [0.717, 1.165) is 30.5 Å². The summed E-state index contributed by atoms with van der Waals surface area (Å²) in [7, 11) is 0. The summed E-state index contributed by atoms with van der Waals surface area (Å²) in [5, 5.41) is 0. The first kappa shape index (κ1) is 17.3. The van der Waals surface area contributed by atoms with Gasteiger partial charge in [0, 0.05) is 12.6 Å². The standard InChI is InChI=1S/C24H29NO/c1-23(2)14-20-15-24(3,16-23)17-25(20)22(26)21(18-10-6-4-7-11-18)19-12-8-5-9-13-19/h4-13,20-21H,14-17H2,1-3H3. The fourth-order valence-electron chi connectivity index (χ4n) is 5.65. The van der Waals surface area contributed by atoms with E-state index < -0.39 is 0 Å². The molecule has 2 nitrogen and oxygen atoms in total. The molecule has 1 amide bonds. The van der Waals surface area contributed by atoms with Crippen molar-refractivity contribution in [2.75, 3.05) is 6.54 Å². The molecular weight excluding hydrogens is 318 g/mol. The molecule has 2 atom stereocenters. The molecule has 1 saturated carbocycles. The Balaban J connectivity index is 1.70. The van der Waals surface area contributed by atoms with Crippen LogP contribution in [0.2, 0.25) is 0 Å². The summed E-state index contributed by atoms with van der Waals surface area (Å²) >= 11 is 0. The summed E-state index contributed by atoms with van der Waals surface area (Å²) in [4.78, 5) is 16.0. The van der Waals surface area contributed by atoms with Crippen LogP contribution in [0.1, 0.15) is 57.1 Å². The van der Waals surface area contributed by atoms with Crippen molar-refractivity contribution >= 4 is 5.91 Å². The normalized spacial score (nSPS) is 26.9. The molecule has 1 aliphatic carbocycles. The van der Waals surface area contributed by atoms with Crippen LogP contribution in [0.25, 0.3) is 0 Å². The molecule has 2 fully saturated rings. The Labute approximate surface area is 157 Å². The van der Waals surface area contributed by atoms with Crippen molar-refractivity contribution < 1.29 is 4.79 Å². The van der Waals surface area contributed by atoms with Crippen LogP contribution in [0.5, 0.6) is 0 Å². The lowest BCUT2D eigenvalue weighted by molar-refractivity contribution is -0.133. The Morgan fingerprint density at radius 2 is 1.46 bits per heavy atom. The highest BCUT2D eigenvalue weighted by molar-refractivity contribution is 5.88. The zero-order valence-corrected chi connectivity index (χ0v) is 16.1. The summed E-state index contributed by atoms with van der Waals surface area (Å²) in [6.07, 6.45) is 3.48. The molecule has 1 saturated heterocycles. The number of rotatable bonds is 3. The Morgan fingerprint density at radius 1 is 0.923 bits per heavy atom. The molecule has 2 bridgehead atoms. The summed E-state index contributed by atoms with van der Waals surface area (Å²) in [5.74, 6) is 0.0669. The predicted molar refractivity (Wildman–Crippen MR) is 106 cm³/mol. The zero-order chi connectivity index (χ0) is 18.4. The highest BCUT2D eigenvalue weighted by Crippen LogP contribution is 2.53. The second-order valence-electron chi connectivity index (χ2n) is 9.43. The maximum Gasteiger partial charge on any atom is 0.234 e. The number of hydrogen-bond donors (Lipinski definition) is 0. The Kier molecular flexibility index (Phi) is 4.17. The van der Waals surface area contributed by atoms with Crippen LogP contribution in [0, 0.1) is 10.8 Å². The van der Waals surface area contributed by atoms with E-state index in [1.54, 1.807) is 0 Å². The van der Waals surface area contributed by atoms with Gasteiger partial charge in [-0.15, -0.1) is 0 Å². The minimum atomic E-state index is -0.205. The molecule has 0 radical (unpaired) electrons. The number of hydrogen-bond acceptors (Lipinski definition) is 1. The van der Waals surface area contributed by atoms with E-state index in [9.17, 15) is 4.79 Å². The van der Waals surface area contributed by atoms with Crippen molar-refractivity contribution in [3.05, 3.63) is 71.8 Å². The quantitative estimate of drug-likeness (QED) is 0.743. The van der Waals surface area contributed by atoms with Crippen molar-refractivity contribution in [3.63, 3.8) is 0 Å². The van der Waals surface area contributed by atoms with E-state index in [4.69, 9.17) is 0 Å². The van der Waals surface area contributed by atoms with Crippen LogP contribution < -0.4 is 0 Å². The average molecular weight is 348 g/mol. The number of benzene rings is 2. The average Bonchev–Trinajstić information content (AvgIpc) is 2.86. The van der Waals surface area contributed by atoms with Crippen molar-refractivity contribution in [2.24, 2.45) is 10.8 Å². The van der Waals surface area contributed by atoms with E-state index in [1.807, 2.05) is 36.4 Å². The molecule has 1 aliphatic heterocycles. The zero-order valence-electron chi connectivity index (χ0n) is 16.1. The van der Waals surface area contributed by atoms with Crippen molar-refractivity contribution in [3.8, 4) is 0 Å². The smallest absolute Gasteiger partial charge is 0.234 e. The maximum atomic E-state index is 13.8. The molecule has 4 rings (SSSR count). The minimum Gasteiger partial charge on any atom is -0.338 e. The summed E-state index contributed by atoms with van der Waals surface area (Å²) in [5.41, 5.74) is 2.77. The van der Waals surface area contributed by atoms with Gasteiger partial charge in [0.2, 0.25) is 5.91 Å². The fourth-order valence-corrected chi connectivity index (χ4v) is 5.65. The molecule has 136 valence electrons. The van der Waals surface area contributed by atoms with E-state index in [-0.39, 0.29) is 17.2 Å². The number of amides is 1. The van der Waals surface area contributed by atoms with Crippen LogP contribution >= 0.6 is 0 Å². The van der Waals surface area contributed by atoms with Crippen LogP contribution in [-0.4, -0.2) is 23.4 Å². The van der Waals surface area contributed by atoms with Crippen molar-refractivity contribution in [1.82, 2.24) is 4.90 Å². The lowest BCUT2D eigenvalue weighted by Gasteiger charge is -2.39. The van der Waals surface area contributed by atoms with E-state index in [2.05, 4.69) is 49.9 Å². The largest absolute Gasteiger partial charge is 0.338 e. The molecule has 0 aromatic heterocycles. The first-order valence-corrected chi connectivity index (χ1v) is 9.77. The number of carbonyl (C=O) groups excluding carboxylic acids is 1. The number of nitrogens with zero attached hydrogens (tertiary/aromatic N) is 1. The first-order chi connectivity index (χ1) is 12.4. The molecule has 0 N–H and O–H groups in total. The highest BCUT2D eigenvalue weighted by atomic mass is 16.2. The van der Waals surface area contributed by atoms with Crippen LogP contribution in [0.15, 0.2) is 60.7 Å². The predicted octanol–water partition coefficient (Wildman–Crippen LogP) is 5.25. The first-order valence-electron chi connectivity index (χ1n) is 9.77. The highest BCUT2D eigenvalue weighted by Gasteiger charge is 2.51. The van der Waals surface area contributed by atoms with Gasteiger partial charge >= 0.3 is 0 Å². The van der Waals surface area contributed by atoms with Gasteiger partial charge in [0.15, 0.2) is 0 Å². The number of likely N-dealkylation sites (tertiary alicyclic amines) is 1. The van der Waals surface area contributed by atoms with Gasteiger partial charge in [-0.3, -0.25) is 4.79 Å². The Morgan fingerprint density at radius 3 is 2.00 bits per heavy atom. The van der Waals surface area contributed by atoms with Gasteiger partial charge < -0.3 is 4.90 Å². The monoisotopic (exact) mass is 347 g/mol. The number of fused-ring (bicyclic) bond motifs is 2. The number of carbonyl (C=O) groups is 1. The van der Waals surface area contributed by atoms with Crippen LogP contribution in [0.4, 0.5) is 0 Å².